The predicted molar refractivity (Wildman–Crippen MR) is 70.2 cm³/mol. The lowest BCUT2D eigenvalue weighted by atomic mass is 9.87. The summed E-state index contributed by atoms with van der Waals surface area (Å²) in [6, 6.07) is 8.79. The molecule has 0 fully saturated rings. The normalized spacial score (nSPS) is 15.2. The van der Waals surface area contributed by atoms with Crippen LogP contribution in [0.5, 0.6) is 0 Å². The Bertz CT molecular complexity index is 458. The lowest BCUT2D eigenvalue weighted by Gasteiger charge is -2.35. The molecule has 1 aromatic carbocycles. The maximum Gasteiger partial charge on any atom is 0.341 e. The van der Waals surface area contributed by atoms with E-state index in [1.165, 1.54) is 21.3 Å². The van der Waals surface area contributed by atoms with Gasteiger partial charge in [-0.25, -0.2) is 4.79 Å². The van der Waals surface area contributed by atoms with E-state index in [-0.39, 0.29) is 0 Å². The summed E-state index contributed by atoms with van der Waals surface area (Å²) in [4.78, 5) is 23.2. The average Bonchev–Trinajstić information content (AvgIpc) is 2.46. The molecule has 1 N–H and O–H groups in total. The molecule has 110 valence electrons. The number of carboxylic acids is 1. The smallest absolute Gasteiger partial charge is 0.341 e. The summed E-state index contributed by atoms with van der Waals surface area (Å²) < 4.78 is 15.3. The van der Waals surface area contributed by atoms with Gasteiger partial charge in [0.05, 0.1) is 13.5 Å². The second-order valence-electron chi connectivity index (χ2n) is 4.18. The summed E-state index contributed by atoms with van der Waals surface area (Å²) in [5.74, 6) is -1.98. The number of hydrogen-bond donors (Lipinski definition) is 1. The van der Waals surface area contributed by atoms with Crippen LogP contribution in [0.25, 0.3) is 0 Å². The summed E-state index contributed by atoms with van der Waals surface area (Å²) in [6.07, 6.45) is -1.46. The molecule has 0 saturated carbocycles. The third-order valence-electron chi connectivity index (χ3n) is 3.07. The molecule has 0 bridgehead atoms. The van der Waals surface area contributed by atoms with E-state index in [9.17, 15) is 9.59 Å². The highest BCUT2D eigenvalue weighted by molar-refractivity contribution is 5.86. The number of carbonyl (C=O) groups is 2. The molecule has 2 atom stereocenters. The van der Waals surface area contributed by atoms with Gasteiger partial charge in [0, 0.05) is 14.2 Å². The predicted octanol–water partition coefficient (Wildman–Crippen LogP) is 1.41. The first kappa shape index (κ1) is 16.1. The van der Waals surface area contributed by atoms with Crippen LogP contribution >= 0.6 is 0 Å². The minimum absolute atomic E-state index is 0.566. The highest BCUT2D eigenvalue weighted by atomic mass is 16.6. The minimum atomic E-state index is -1.74. The molecular weight excluding hydrogens is 264 g/mol. The van der Waals surface area contributed by atoms with Gasteiger partial charge in [-0.15, -0.1) is 0 Å². The Morgan fingerprint density at radius 1 is 1.20 bits per heavy atom. The molecule has 2 unspecified atom stereocenters. The molecule has 6 heteroatoms. The summed E-state index contributed by atoms with van der Waals surface area (Å²) in [5.41, 5.74) is -1.11. The van der Waals surface area contributed by atoms with E-state index < -0.39 is 30.1 Å². The molecule has 0 aliphatic heterocycles. The SMILES string of the molecule is COC(=O)C(CC(=O)O)(OC)C(OC)c1ccccc1. The second-order valence-corrected chi connectivity index (χ2v) is 4.18. The largest absolute Gasteiger partial charge is 0.481 e. The fourth-order valence-corrected chi connectivity index (χ4v) is 2.16. The van der Waals surface area contributed by atoms with Gasteiger partial charge in [0.1, 0.15) is 6.10 Å². The molecule has 0 radical (unpaired) electrons. The number of carboxylic acid groups (broad SMARTS) is 1. The van der Waals surface area contributed by atoms with Crippen LogP contribution in [0.4, 0.5) is 0 Å². The molecule has 0 aliphatic carbocycles. The number of hydrogen-bond acceptors (Lipinski definition) is 5. The number of benzene rings is 1. The number of rotatable bonds is 7. The van der Waals surface area contributed by atoms with Crippen molar-refractivity contribution >= 4 is 11.9 Å². The van der Waals surface area contributed by atoms with E-state index in [0.29, 0.717) is 5.56 Å². The van der Waals surface area contributed by atoms with Crippen LogP contribution in [0.3, 0.4) is 0 Å². The zero-order valence-electron chi connectivity index (χ0n) is 11.7. The Labute approximate surface area is 117 Å². The molecule has 0 saturated heterocycles. The van der Waals surface area contributed by atoms with E-state index >= 15 is 0 Å². The number of esters is 1. The van der Waals surface area contributed by atoms with Crippen molar-refractivity contribution < 1.29 is 28.9 Å². The Morgan fingerprint density at radius 2 is 1.80 bits per heavy atom. The summed E-state index contributed by atoms with van der Waals surface area (Å²) in [5, 5.41) is 9.07. The van der Waals surface area contributed by atoms with Gasteiger partial charge in [-0.3, -0.25) is 4.79 Å². The van der Waals surface area contributed by atoms with Crippen LogP contribution in [-0.2, 0) is 23.8 Å². The fraction of sp³-hybridized carbons (Fsp3) is 0.429. The van der Waals surface area contributed by atoms with Gasteiger partial charge in [-0.2, -0.15) is 0 Å². The van der Waals surface area contributed by atoms with Crippen LogP contribution in [0.2, 0.25) is 0 Å². The maximum atomic E-state index is 12.1. The zero-order chi connectivity index (χ0) is 15.2. The lowest BCUT2D eigenvalue weighted by molar-refractivity contribution is -0.191. The Balaban J connectivity index is 3.32. The third-order valence-corrected chi connectivity index (χ3v) is 3.07. The highest BCUT2D eigenvalue weighted by Crippen LogP contribution is 2.36. The van der Waals surface area contributed by atoms with Crippen molar-refractivity contribution in [1.29, 1.82) is 0 Å². The number of aliphatic carboxylic acids is 1. The van der Waals surface area contributed by atoms with Crippen molar-refractivity contribution in [3.63, 3.8) is 0 Å². The van der Waals surface area contributed by atoms with Crippen molar-refractivity contribution in [2.24, 2.45) is 0 Å². The summed E-state index contributed by atoms with van der Waals surface area (Å²) in [7, 11) is 3.82. The van der Waals surface area contributed by atoms with E-state index in [1.54, 1.807) is 30.3 Å². The van der Waals surface area contributed by atoms with Crippen LogP contribution < -0.4 is 0 Å². The van der Waals surface area contributed by atoms with Crippen LogP contribution in [-0.4, -0.2) is 44.0 Å². The summed E-state index contributed by atoms with van der Waals surface area (Å²) in [6.45, 7) is 0. The van der Waals surface area contributed by atoms with Crippen molar-refractivity contribution in [2.75, 3.05) is 21.3 Å². The van der Waals surface area contributed by atoms with E-state index in [4.69, 9.17) is 19.3 Å². The maximum absolute atomic E-state index is 12.1. The molecule has 6 nitrogen and oxygen atoms in total. The second kappa shape index (κ2) is 7.02. The quantitative estimate of drug-likeness (QED) is 0.761. The molecular formula is C14H18O6. The monoisotopic (exact) mass is 282 g/mol. The lowest BCUT2D eigenvalue weighted by Crippen LogP contribution is -2.49. The molecule has 0 amide bonds. The molecule has 0 aliphatic rings. The average molecular weight is 282 g/mol. The van der Waals surface area contributed by atoms with E-state index in [2.05, 4.69) is 0 Å². The van der Waals surface area contributed by atoms with Gasteiger partial charge in [0.2, 0.25) is 5.60 Å². The Kier molecular flexibility index (Phi) is 5.66. The zero-order valence-corrected chi connectivity index (χ0v) is 11.7. The Morgan fingerprint density at radius 3 is 2.20 bits per heavy atom. The number of ether oxygens (including phenoxy) is 3. The summed E-state index contributed by atoms with van der Waals surface area (Å²) >= 11 is 0. The van der Waals surface area contributed by atoms with Gasteiger partial charge < -0.3 is 19.3 Å². The van der Waals surface area contributed by atoms with Crippen molar-refractivity contribution in [2.45, 2.75) is 18.1 Å². The minimum Gasteiger partial charge on any atom is -0.481 e. The van der Waals surface area contributed by atoms with Crippen LogP contribution in [0, 0.1) is 0 Å². The topological polar surface area (TPSA) is 82.1 Å². The van der Waals surface area contributed by atoms with Gasteiger partial charge in [-0.1, -0.05) is 30.3 Å². The number of carbonyl (C=O) groups excluding carboxylic acids is 1. The van der Waals surface area contributed by atoms with Gasteiger partial charge >= 0.3 is 11.9 Å². The first-order valence-electron chi connectivity index (χ1n) is 5.95. The molecule has 20 heavy (non-hydrogen) atoms. The molecule has 1 rings (SSSR count). The third kappa shape index (κ3) is 3.15. The van der Waals surface area contributed by atoms with Crippen LogP contribution in [0.1, 0.15) is 18.1 Å². The van der Waals surface area contributed by atoms with Crippen molar-refractivity contribution in [3.05, 3.63) is 35.9 Å². The molecule has 1 aromatic rings. The van der Waals surface area contributed by atoms with Crippen molar-refractivity contribution in [1.82, 2.24) is 0 Å². The number of methoxy groups -OCH3 is 3. The highest BCUT2D eigenvalue weighted by Gasteiger charge is 2.50. The van der Waals surface area contributed by atoms with Crippen LogP contribution in [0.15, 0.2) is 30.3 Å². The van der Waals surface area contributed by atoms with Gasteiger partial charge in [0.25, 0.3) is 0 Å². The molecule has 0 aromatic heterocycles. The fourth-order valence-electron chi connectivity index (χ4n) is 2.16. The Hall–Kier alpha value is -1.92. The van der Waals surface area contributed by atoms with Gasteiger partial charge in [-0.05, 0) is 5.56 Å². The molecule has 0 heterocycles. The standard InChI is InChI=1S/C14H18O6/c1-18-12(10-7-5-4-6-8-10)14(20-3,9-11(15)16)13(17)19-2/h4-8,12H,9H2,1-3H3,(H,15,16). The van der Waals surface area contributed by atoms with E-state index in [0.717, 1.165) is 0 Å². The van der Waals surface area contributed by atoms with Crippen molar-refractivity contribution in [3.8, 4) is 0 Å². The van der Waals surface area contributed by atoms with Gasteiger partial charge in [0.15, 0.2) is 0 Å². The van der Waals surface area contributed by atoms with E-state index in [1.807, 2.05) is 0 Å². The first-order valence-corrected chi connectivity index (χ1v) is 5.95. The first-order chi connectivity index (χ1) is 9.51. The molecule has 0 spiro atoms.